The highest BCUT2D eigenvalue weighted by Crippen LogP contribution is 2.18. The van der Waals surface area contributed by atoms with Gasteiger partial charge in [0.25, 0.3) is 0 Å². The molecule has 1 saturated heterocycles. The number of hydrogen-bond donors (Lipinski definition) is 0. The summed E-state index contributed by atoms with van der Waals surface area (Å²) >= 11 is 3.31. The van der Waals surface area contributed by atoms with Crippen molar-refractivity contribution in [3.05, 3.63) is 28.7 Å². The molecule has 1 aliphatic heterocycles. The van der Waals surface area contributed by atoms with Crippen LogP contribution in [0.5, 0.6) is 0 Å². The normalized spacial score (nSPS) is 19.3. The van der Waals surface area contributed by atoms with Crippen molar-refractivity contribution in [2.75, 3.05) is 32.1 Å². The molecule has 0 aromatic heterocycles. The van der Waals surface area contributed by atoms with Gasteiger partial charge in [-0.25, -0.2) is 8.42 Å². The average Bonchev–Trinajstić information content (AvgIpc) is 2.40. The van der Waals surface area contributed by atoms with E-state index in [4.69, 9.17) is 4.74 Å². The Labute approximate surface area is 122 Å². The van der Waals surface area contributed by atoms with E-state index in [-0.39, 0.29) is 11.8 Å². The van der Waals surface area contributed by atoms with E-state index in [2.05, 4.69) is 20.8 Å². The van der Waals surface area contributed by atoms with Crippen molar-refractivity contribution >= 4 is 25.8 Å². The lowest BCUT2D eigenvalue weighted by molar-refractivity contribution is 0.0243. The second-order valence-corrected chi connectivity index (χ2v) is 7.68. The van der Waals surface area contributed by atoms with E-state index in [0.29, 0.717) is 18.1 Å². The number of morpholine rings is 1. The maximum Gasteiger partial charge on any atom is 0.179 e. The SMILES string of the molecule is C[C@@H](CS(=O)(=O)c1ccc(Br)cc1)N1CCOCC1. The number of rotatable bonds is 4. The van der Waals surface area contributed by atoms with Gasteiger partial charge in [-0.05, 0) is 31.2 Å². The van der Waals surface area contributed by atoms with Crippen molar-refractivity contribution in [1.82, 2.24) is 4.90 Å². The fraction of sp³-hybridized carbons (Fsp3) is 0.538. The van der Waals surface area contributed by atoms with E-state index in [1.807, 2.05) is 6.92 Å². The highest BCUT2D eigenvalue weighted by Gasteiger charge is 2.24. The van der Waals surface area contributed by atoms with Crippen LogP contribution in [0.15, 0.2) is 33.6 Å². The fourth-order valence-electron chi connectivity index (χ4n) is 2.18. The first-order chi connectivity index (χ1) is 8.99. The van der Waals surface area contributed by atoms with Crippen molar-refractivity contribution in [1.29, 1.82) is 0 Å². The summed E-state index contributed by atoms with van der Waals surface area (Å²) in [6, 6.07) is 6.81. The predicted molar refractivity (Wildman–Crippen MR) is 78.0 cm³/mol. The van der Waals surface area contributed by atoms with Gasteiger partial charge in [-0.15, -0.1) is 0 Å². The Bertz CT molecular complexity index is 509. The first-order valence-corrected chi connectivity index (χ1v) is 8.74. The van der Waals surface area contributed by atoms with Crippen LogP contribution in [0.3, 0.4) is 0 Å². The molecule has 1 heterocycles. The van der Waals surface area contributed by atoms with Crippen LogP contribution in [-0.4, -0.2) is 51.4 Å². The zero-order chi connectivity index (χ0) is 13.9. The van der Waals surface area contributed by atoms with Crippen LogP contribution in [0.1, 0.15) is 6.92 Å². The molecule has 0 bridgehead atoms. The van der Waals surface area contributed by atoms with Gasteiger partial charge in [-0.2, -0.15) is 0 Å². The number of halogens is 1. The van der Waals surface area contributed by atoms with Crippen molar-refractivity contribution in [2.24, 2.45) is 0 Å². The fourth-order valence-corrected chi connectivity index (χ4v) is 4.03. The molecule has 0 radical (unpaired) electrons. The van der Waals surface area contributed by atoms with E-state index in [1.54, 1.807) is 24.3 Å². The minimum absolute atomic E-state index is 0.0116. The maximum atomic E-state index is 12.3. The second-order valence-electron chi connectivity index (χ2n) is 4.73. The van der Waals surface area contributed by atoms with Gasteiger partial charge < -0.3 is 4.74 Å². The lowest BCUT2D eigenvalue weighted by Gasteiger charge is -2.32. The molecule has 1 aromatic carbocycles. The molecule has 1 fully saturated rings. The van der Waals surface area contributed by atoms with Gasteiger partial charge in [-0.3, -0.25) is 4.90 Å². The van der Waals surface area contributed by atoms with E-state index in [9.17, 15) is 8.42 Å². The van der Waals surface area contributed by atoms with Crippen LogP contribution in [0.25, 0.3) is 0 Å². The summed E-state index contributed by atoms with van der Waals surface area (Å²) in [5, 5.41) is 0. The van der Waals surface area contributed by atoms with Crippen molar-refractivity contribution in [2.45, 2.75) is 17.9 Å². The molecule has 1 aromatic rings. The minimum Gasteiger partial charge on any atom is -0.379 e. The smallest absolute Gasteiger partial charge is 0.179 e. The largest absolute Gasteiger partial charge is 0.379 e. The molecule has 0 spiro atoms. The summed E-state index contributed by atoms with van der Waals surface area (Å²) in [5.41, 5.74) is 0. The lowest BCUT2D eigenvalue weighted by Crippen LogP contribution is -2.45. The van der Waals surface area contributed by atoms with E-state index < -0.39 is 9.84 Å². The number of sulfone groups is 1. The average molecular weight is 348 g/mol. The topological polar surface area (TPSA) is 46.6 Å². The first-order valence-electron chi connectivity index (χ1n) is 6.29. The van der Waals surface area contributed by atoms with Gasteiger partial charge in [-0.1, -0.05) is 15.9 Å². The predicted octanol–water partition coefficient (Wildman–Crippen LogP) is 1.94. The molecular weight excluding hydrogens is 330 g/mol. The summed E-state index contributed by atoms with van der Waals surface area (Å²) in [5.74, 6) is 0.147. The molecule has 2 rings (SSSR count). The van der Waals surface area contributed by atoms with Gasteiger partial charge in [0.2, 0.25) is 0 Å². The standard InChI is InChI=1S/C13H18BrNO3S/c1-11(15-6-8-18-9-7-15)10-19(16,17)13-4-2-12(14)3-5-13/h2-5,11H,6-10H2,1H3/t11-/m0/s1. The van der Waals surface area contributed by atoms with E-state index in [0.717, 1.165) is 17.6 Å². The molecule has 0 N–H and O–H groups in total. The second kappa shape index (κ2) is 6.35. The van der Waals surface area contributed by atoms with Crippen molar-refractivity contribution in [3.8, 4) is 0 Å². The third kappa shape index (κ3) is 4.02. The van der Waals surface area contributed by atoms with Gasteiger partial charge in [0, 0.05) is 23.6 Å². The Kier molecular flexibility index (Phi) is 5.00. The molecule has 0 amide bonds. The zero-order valence-corrected chi connectivity index (χ0v) is 13.3. The molecule has 6 heteroatoms. The molecule has 0 aliphatic carbocycles. The molecule has 19 heavy (non-hydrogen) atoms. The Morgan fingerprint density at radius 3 is 2.42 bits per heavy atom. The molecule has 1 atom stereocenters. The number of hydrogen-bond acceptors (Lipinski definition) is 4. The monoisotopic (exact) mass is 347 g/mol. The number of benzene rings is 1. The number of nitrogens with zero attached hydrogens (tertiary/aromatic N) is 1. The number of ether oxygens (including phenoxy) is 1. The highest BCUT2D eigenvalue weighted by atomic mass is 79.9. The van der Waals surface area contributed by atoms with Crippen LogP contribution in [0.4, 0.5) is 0 Å². The Morgan fingerprint density at radius 1 is 1.26 bits per heavy atom. The van der Waals surface area contributed by atoms with Crippen LogP contribution >= 0.6 is 15.9 Å². The van der Waals surface area contributed by atoms with Crippen LogP contribution in [-0.2, 0) is 14.6 Å². The summed E-state index contributed by atoms with van der Waals surface area (Å²) < 4.78 is 30.8. The zero-order valence-electron chi connectivity index (χ0n) is 10.9. The molecule has 1 aliphatic rings. The van der Waals surface area contributed by atoms with Crippen LogP contribution in [0.2, 0.25) is 0 Å². The summed E-state index contributed by atoms with van der Waals surface area (Å²) in [6.07, 6.45) is 0. The Morgan fingerprint density at radius 2 is 1.84 bits per heavy atom. The molecular formula is C13H18BrNO3S. The Balaban J connectivity index is 2.05. The van der Waals surface area contributed by atoms with Gasteiger partial charge in [0.1, 0.15) is 0 Å². The Hall–Kier alpha value is -0.430. The lowest BCUT2D eigenvalue weighted by atomic mass is 10.3. The quantitative estimate of drug-likeness (QED) is 0.834. The van der Waals surface area contributed by atoms with Crippen LogP contribution in [0, 0.1) is 0 Å². The third-order valence-electron chi connectivity index (χ3n) is 3.30. The summed E-state index contributed by atoms with van der Waals surface area (Å²) in [7, 11) is -3.23. The molecule has 0 unspecified atom stereocenters. The minimum atomic E-state index is -3.23. The van der Waals surface area contributed by atoms with Crippen molar-refractivity contribution in [3.63, 3.8) is 0 Å². The summed E-state index contributed by atoms with van der Waals surface area (Å²) in [6.45, 7) is 4.93. The molecule has 4 nitrogen and oxygen atoms in total. The maximum absolute atomic E-state index is 12.3. The van der Waals surface area contributed by atoms with Gasteiger partial charge in [0.05, 0.1) is 23.9 Å². The third-order valence-corrected chi connectivity index (χ3v) is 5.74. The van der Waals surface area contributed by atoms with E-state index >= 15 is 0 Å². The highest BCUT2D eigenvalue weighted by molar-refractivity contribution is 9.10. The van der Waals surface area contributed by atoms with E-state index in [1.165, 1.54) is 0 Å². The summed E-state index contributed by atoms with van der Waals surface area (Å²) in [4.78, 5) is 2.55. The molecule has 106 valence electrons. The first kappa shape index (κ1) is 15.0. The van der Waals surface area contributed by atoms with Gasteiger partial charge >= 0.3 is 0 Å². The van der Waals surface area contributed by atoms with Crippen molar-refractivity contribution < 1.29 is 13.2 Å². The molecule has 0 saturated carbocycles. The van der Waals surface area contributed by atoms with Gasteiger partial charge in [0.15, 0.2) is 9.84 Å². The van der Waals surface area contributed by atoms with Crippen LogP contribution < -0.4 is 0 Å².